The first-order valence-corrected chi connectivity index (χ1v) is 8.69. The topological polar surface area (TPSA) is 75.0 Å². The molecule has 144 valence electrons. The molecule has 0 atom stereocenters. The molecule has 0 amide bonds. The van der Waals surface area contributed by atoms with E-state index in [9.17, 15) is 9.59 Å². The van der Waals surface area contributed by atoms with E-state index in [0.29, 0.717) is 27.3 Å². The van der Waals surface area contributed by atoms with Gasteiger partial charge in [0.05, 0.1) is 16.6 Å². The number of anilines is 1. The van der Waals surface area contributed by atoms with E-state index in [0.717, 1.165) is 15.8 Å². The molecule has 4 rings (SSSR count). The van der Waals surface area contributed by atoms with Crippen LogP contribution < -0.4 is 17.0 Å². The van der Waals surface area contributed by atoms with Gasteiger partial charge in [0.15, 0.2) is 0 Å². The Labute approximate surface area is 171 Å². The van der Waals surface area contributed by atoms with Gasteiger partial charge in [0.1, 0.15) is 0 Å². The average Bonchev–Trinajstić information content (AvgIpc) is 3.06. The third kappa shape index (κ3) is 3.00. The highest BCUT2D eigenvalue weighted by Gasteiger charge is 2.20. The molecule has 0 aliphatic carbocycles. The Bertz CT molecular complexity index is 1300. The lowest BCUT2D eigenvalue weighted by Crippen LogP contribution is -2.36. The van der Waals surface area contributed by atoms with Gasteiger partial charge in [0.25, 0.3) is 5.56 Å². The van der Waals surface area contributed by atoms with E-state index in [2.05, 4.69) is 0 Å². The predicted octanol–water partition coefficient (Wildman–Crippen LogP) is 3.35. The van der Waals surface area contributed by atoms with Crippen LogP contribution >= 0.6 is 24.0 Å². The number of halogens is 2. The lowest BCUT2D eigenvalue weighted by molar-refractivity contribution is 0.714. The standard InChI is InChI=1S/C20H17ClN4O2.ClH/c1-23-16-11-25(15-5-3-4-14(22)10-15)18(12-6-8-13(21)9-7-12)17(16)19(26)24(2)20(23)27;/h3-11H,22H2,1-2H3;1H. The zero-order valence-corrected chi connectivity index (χ0v) is 16.8. The van der Waals surface area contributed by atoms with Crippen molar-refractivity contribution in [3.8, 4) is 16.9 Å². The van der Waals surface area contributed by atoms with E-state index >= 15 is 0 Å². The van der Waals surface area contributed by atoms with Crippen molar-refractivity contribution in [1.82, 2.24) is 13.7 Å². The molecule has 2 N–H and O–H groups in total. The molecule has 0 saturated carbocycles. The van der Waals surface area contributed by atoms with Gasteiger partial charge in [-0.25, -0.2) is 4.79 Å². The summed E-state index contributed by atoms with van der Waals surface area (Å²) in [4.78, 5) is 25.3. The number of aryl methyl sites for hydroxylation is 1. The third-order valence-electron chi connectivity index (χ3n) is 4.70. The second-order valence-electron chi connectivity index (χ2n) is 6.42. The Morgan fingerprint density at radius 2 is 1.64 bits per heavy atom. The summed E-state index contributed by atoms with van der Waals surface area (Å²) in [6.45, 7) is 0. The maximum absolute atomic E-state index is 13.0. The normalized spacial score (nSPS) is 10.8. The summed E-state index contributed by atoms with van der Waals surface area (Å²) in [6, 6.07) is 14.6. The van der Waals surface area contributed by atoms with Crippen LogP contribution in [0.2, 0.25) is 5.02 Å². The second-order valence-corrected chi connectivity index (χ2v) is 6.85. The molecule has 0 radical (unpaired) electrons. The van der Waals surface area contributed by atoms with Crippen LogP contribution in [0.15, 0.2) is 64.3 Å². The number of nitrogen functional groups attached to an aromatic ring is 1. The first-order chi connectivity index (χ1) is 12.9. The fourth-order valence-electron chi connectivity index (χ4n) is 3.31. The van der Waals surface area contributed by atoms with Crippen molar-refractivity contribution in [3.05, 3.63) is 80.6 Å². The molecular formula is C20H18Cl2N4O2. The number of hydrogen-bond donors (Lipinski definition) is 1. The van der Waals surface area contributed by atoms with Crippen LogP contribution in [0, 0.1) is 0 Å². The molecule has 2 heterocycles. The van der Waals surface area contributed by atoms with Crippen LogP contribution in [0.1, 0.15) is 0 Å². The fourth-order valence-corrected chi connectivity index (χ4v) is 3.44. The Morgan fingerprint density at radius 1 is 0.964 bits per heavy atom. The number of nitrogens with zero attached hydrogens (tertiary/aromatic N) is 3. The summed E-state index contributed by atoms with van der Waals surface area (Å²) >= 11 is 6.04. The maximum atomic E-state index is 13.0. The molecule has 4 aromatic rings. The molecule has 28 heavy (non-hydrogen) atoms. The molecule has 8 heteroatoms. The molecule has 0 aliphatic rings. The number of nitrogens with two attached hydrogens (primary N) is 1. The quantitative estimate of drug-likeness (QED) is 0.509. The van der Waals surface area contributed by atoms with Crippen molar-refractivity contribution in [2.45, 2.75) is 0 Å². The third-order valence-corrected chi connectivity index (χ3v) is 4.96. The van der Waals surface area contributed by atoms with Gasteiger partial charge in [-0.1, -0.05) is 29.8 Å². The van der Waals surface area contributed by atoms with Gasteiger partial charge in [0, 0.05) is 36.7 Å². The minimum Gasteiger partial charge on any atom is -0.399 e. The molecule has 6 nitrogen and oxygen atoms in total. The maximum Gasteiger partial charge on any atom is 0.330 e. The fraction of sp³-hybridized carbons (Fsp3) is 0.100. The molecule has 2 aromatic heterocycles. The minimum absolute atomic E-state index is 0. The van der Waals surface area contributed by atoms with Crippen LogP contribution in [0.25, 0.3) is 27.8 Å². The van der Waals surface area contributed by atoms with Gasteiger partial charge in [-0.05, 0) is 35.9 Å². The summed E-state index contributed by atoms with van der Waals surface area (Å²) < 4.78 is 4.47. The van der Waals surface area contributed by atoms with Crippen molar-refractivity contribution in [1.29, 1.82) is 0 Å². The zero-order chi connectivity index (χ0) is 19.3. The predicted molar refractivity (Wildman–Crippen MR) is 116 cm³/mol. The van der Waals surface area contributed by atoms with Crippen LogP contribution in [0.4, 0.5) is 5.69 Å². The van der Waals surface area contributed by atoms with Gasteiger partial charge in [-0.3, -0.25) is 13.9 Å². The van der Waals surface area contributed by atoms with Gasteiger partial charge in [-0.15, -0.1) is 12.4 Å². The first-order valence-electron chi connectivity index (χ1n) is 8.31. The SMILES string of the molecule is Cl.Cn1c(=O)c2c(-c3ccc(Cl)cc3)n(-c3cccc(N)c3)cc2n(C)c1=O. The Kier molecular flexibility index (Phi) is 5.10. The van der Waals surface area contributed by atoms with E-state index in [1.54, 1.807) is 31.4 Å². The van der Waals surface area contributed by atoms with Crippen LogP contribution in [-0.4, -0.2) is 13.7 Å². The Balaban J connectivity index is 0.00000225. The summed E-state index contributed by atoms with van der Waals surface area (Å²) in [6.07, 6.45) is 1.79. The highest BCUT2D eigenvalue weighted by molar-refractivity contribution is 6.30. The molecule has 0 saturated heterocycles. The highest BCUT2D eigenvalue weighted by atomic mass is 35.5. The lowest BCUT2D eigenvalue weighted by atomic mass is 10.1. The zero-order valence-electron chi connectivity index (χ0n) is 15.2. The minimum atomic E-state index is -0.375. The largest absolute Gasteiger partial charge is 0.399 e. The van der Waals surface area contributed by atoms with Gasteiger partial charge in [0.2, 0.25) is 0 Å². The van der Waals surface area contributed by atoms with Gasteiger partial charge in [-0.2, -0.15) is 0 Å². The number of hydrogen-bond acceptors (Lipinski definition) is 3. The molecule has 2 aromatic carbocycles. The van der Waals surface area contributed by atoms with E-state index in [-0.39, 0.29) is 23.7 Å². The number of aromatic nitrogens is 3. The van der Waals surface area contributed by atoms with Crippen LogP contribution in [0.5, 0.6) is 0 Å². The summed E-state index contributed by atoms with van der Waals surface area (Å²) in [5, 5.41) is 1.06. The molecule has 0 unspecified atom stereocenters. The average molecular weight is 417 g/mol. The summed E-state index contributed by atoms with van der Waals surface area (Å²) in [5.41, 5.74) is 8.68. The molecule has 0 aliphatic heterocycles. The van der Waals surface area contributed by atoms with Crippen molar-refractivity contribution in [2.75, 3.05) is 5.73 Å². The Hall–Kier alpha value is -2.96. The van der Waals surface area contributed by atoms with Crippen molar-refractivity contribution < 1.29 is 0 Å². The molecular weight excluding hydrogens is 399 g/mol. The van der Waals surface area contributed by atoms with E-state index in [1.165, 1.54) is 11.6 Å². The van der Waals surface area contributed by atoms with Gasteiger partial charge < -0.3 is 10.3 Å². The number of rotatable bonds is 2. The van der Waals surface area contributed by atoms with E-state index in [1.807, 2.05) is 34.9 Å². The lowest BCUT2D eigenvalue weighted by Gasteiger charge is -2.11. The van der Waals surface area contributed by atoms with Gasteiger partial charge >= 0.3 is 5.69 Å². The number of fused-ring (bicyclic) bond motifs is 1. The molecule has 0 bridgehead atoms. The van der Waals surface area contributed by atoms with Crippen LogP contribution in [0.3, 0.4) is 0 Å². The van der Waals surface area contributed by atoms with Crippen molar-refractivity contribution in [2.24, 2.45) is 14.1 Å². The first kappa shape index (κ1) is 19.8. The monoisotopic (exact) mass is 416 g/mol. The number of benzene rings is 2. The van der Waals surface area contributed by atoms with Crippen LogP contribution in [-0.2, 0) is 14.1 Å². The summed E-state index contributed by atoms with van der Waals surface area (Å²) in [7, 11) is 3.13. The summed E-state index contributed by atoms with van der Waals surface area (Å²) in [5.74, 6) is 0. The Morgan fingerprint density at radius 3 is 2.29 bits per heavy atom. The molecule has 0 fully saturated rings. The highest BCUT2D eigenvalue weighted by Crippen LogP contribution is 2.32. The smallest absolute Gasteiger partial charge is 0.330 e. The van der Waals surface area contributed by atoms with Crippen molar-refractivity contribution in [3.63, 3.8) is 0 Å². The second kappa shape index (κ2) is 7.22. The van der Waals surface area contributed by atoms with Crippen molar-refractivity contribution >= 4 is 40.6 Å². The molecule has 0 spiro atoms. The van der Waals surface area contributed by atoms with E-state index in [4.69, 9.17) is 17.3 Å². The van der Waals surface area contributed by atoms with E-state index < -0.39 is 0 Å².